The van der Waals surface area contributed by atoms with Crippen LogP contribution in [0.3, 0.4) is 0 Å². The highest BCUT2D eigenvalue weighted by molar-refractivity contribution is 9.10. The van der Waals surface area contributed by atoms with Crippen molar-refractivity contribution in [1.29, 1.82) is 0 Å². The quantitative estimate of drug-likeness (QED) is 0.860. The van der Waals surface area contributed by atoms with Crippen molar-refractivity contribution in [2.24, 2.45) is 5.73 Å². The fourth-order valence-electron chi connectivity index (χ4n) is 2.47. The van der Waals surface area contributed by atoms with Crippen LogP contribution < -0.4 is 5.73 Å². The Labute approximate surface area is 124 Å². The Kier molecular flexibility index (Phi) is 3.89. The molecule has 1 aliphatic rings. The van der Waals surface area contributed by atoms with Crippen molar-refractivity contribution in [1.82, 2.24) is 0 Å². The lowest BCUT2D eigenvalue weighted by Crippen LogP contribution is -2.10. The first kappa shape index (κ1) is 12.9. The van der Waals surface area contributed by atoms with Gasteiger partial charge in [-0.15, -0.1) is 22.7 Å². The molecular weight excluding hydrogens is 326 g/mol. The van der Waals surface area contributed by atoms with Crippen LogP contribution in [0.15, 0.2) is 22.0 Å². The Hall–Kier alpha value is -0.160. The van der Waals surface area contributed by atoms with Crippen molar-refractivity contribution >= 4 is 38.6 Å². The first-order chi connectivity index (χ1) is 8.72. The number of halogens is 1. The molecule has 1 nitrogen and oxygen atoms in total. The first-order valence-electron chi connectivity index (χ1n) is 6.32. The van der Waals surface area contributed by atoms with Gasteiger partial charge >= 0.3 is 0 Å². The minimum absolute atomic E-state index is 0.158. The molecule has 0 fully saturated rings. The highest BCUT2D eigenvalue weighted by Crippen LogP contribution is 2.34. The number of rotatable bonds is 3. The third kappa shape index (κ3) is 2.72. The van der Waals surface area contributed by atoms with Gasteiger partial charge in [-0.25, -0.2) is 0 Å². The van der Waals surface area contributed by atoms with Crippen LogP contribution >= 0.6 is 38.6 Å². The van der Waals surface area contributed by atoms with E-state index in [1.165, 1.54) is 39.9 Å². The maximum Gasteiger partial charge on any atom is 0.0438 e. The summed E-state index contributed by atoms with van der Waals surface area (Å²) in [5, 5.41) is 2.13. The maximum atomic E-state index is 6.35. The van der Waals surface area contributed by atoms with Gasteiger partial charge in [0.05, 0.1) is 0 Å². The molecule has 18 heavy (non-hydrogen) atoms. The molecule has 0 saturated heterocycles. The zero-order valence-electron chi connectivity index (χ0n) is 10.1. The lowest BCUT2D eigenvalue weighted by Gasteiger charge is -2.08. The fourth-order valence-corrected chi connectivity index (χ4v) is 5.24. The van der Waals surface area contributed by atoms with Crippen LogP contribution in [0.4, 0.5) is 0 Å². The second kappa shape index (κ2) is 5.45. The summed E-state index contributed by atoms with van der Waals surface area (Å²) < 4.78 is 1.17. The van der Waals surface area contributed by atoms with Crippen molar-refractivity contribution < 1.29 is 0 Å². The summed E-state index contributed by atoms with van der Waals surface area (Å²) in [4.78, 5) is 4.31. The van der Waals surface area contributed by atoms with Crippen LogP contribution in [0, 0.1) is 0 Å². The van der Waals surface area contributed by atoms with Gasteiger partial charge in [-0.3, -0.25) is 0 Å². The van der Waals surface area contributed by atoms with Crippen LogP contribution in [0.1, 0.15) is 39.1 Å². The van der Waals surface area contributed by atoms with E-state index < -0.39 is 0 Å². The lowest BCUT2D eigenvalue weighted by molar-refractivity contribution is 0.695. The lowest BCUT2D eigenvalue weighted by atomic mass is 9.98. The highest BCUT2D eigenvalue weighted by atomic mass is 79.9. The molecule has 0 aromatic carbocycles. The SMILES string of the molecule is NC(Cc1cc(Br)cs1)c1cc2c(s1)CCCC2. The molecule has 1 aliphatic carbocycles. The van der Waals surface area contributed by atoms with Gasteiger partial charge in [-0.1, -0.05) is 0 Å². The largest absolute Gasteiger partial charge is 0.323 e. The average Bonchev–Trinajstić information content (AvgIpc) is 2.95. The third-order valence-corrected chi connectivity index (χ3v) is 6.51. The van der Waals surface area contributed by atoms with Gasteiger partial charge in [-0.05, 0) is 59.3 Å². The van der Waals surface area contributed by atoms with Gasteiger partial charge in [0.1, 0.15) is 0 Å². The van der Waals surface area contributed by atoms with Gasteiger partial charge in [0, 0.05) is 36.9 Å². The monoisotopic (exact) mass is 341 g/mol. The predicted molar refractivity (Wildman–Crippen MR) is 83.6 cm³/mol. The summed E-state index contributed by atoms with van der Waals surface area (Å²) in [5.41, 5.74) is 7.91. The van der Waals surface area contributed by atoms with Crippen molar-refractivity contribution in [2.75, 3.05) is 0 Å². The Morgan fingerprint density at radius 1 is 1.28 bits per heavy atom. The molecule has 1 unspecified atom stereocenters. The molecule has 0 saturated carbocycles. The normalized spacial score (nSPS) is 16.6. The van der Waals surface area contributed by atoms with E-state index in [2.05, 4.69) is 33.4 Å². The van der Waals surface area contributed by atoms with Gasteiger partial charge in [0.15, 0.2) is 0 Å². The predicted octanol–water partition coefficient (Wildman–Crippen LogP) is 4.69. The molecule has 1 atom stereocenters. The molecule has 0 bridgehead atoms. The first-order valence-corrected chi connectivity index (χ1v) is 8.81. The van der Waals surface area contributed by atoms with E-state index in [1.807, 2.05) is 11.3 Å². The zero-order chi connectivity index (χ0) is 12.5. The standard InChI is InChI=1S/C14H16BrNS2/c15-10-6-11(17-8-10)7-12(16)14-5-9-3-1-2-4-13(9)18-14/h5-6,8,12H,1-4,7,16H2. The van der Waals surface area contributed by atoms with Crippen LogP contribution in [0.25, 0.3) is 0 Å². The number of hydrogen-bond donors (Lipinski definition) is 1. The van der Waals surface area contributed by atoms with Crippen molar-refractivity contribution in [2.45, 2.75) is 38.1 Å². The Bertz CT molecular complexity index is 520. The molecule has 0 aliphatic heterocycles. The van der Waals surface area contributed by atoms with Gasteiger partial charge in [0.25, 0.3) is 0 Å². The zero-order valence-corrected chi connectivity index (χ0v) is 13.3. The van der Waals surface area contributed by atoms with Crippen molar-refractivity contribution in [3.05, 3.63) is 42.2 Å². The molecule has 4 heteroatoms. The molecule has 3 rings (SSSR count). The van der Waals surface area contributed by atoms with Crippen LogP contribution in [0.2, 0.25) is 0 Å². The summed E-state index contributed by atoms with van der Waals surface area (Å²) in [6.45, 7) is 0. The number of thiophene rings is 2. The Morgan fingerprint density at radius 3 is 2.83 bits per heavy atom. The summed E-state index contributed by atoms with van der Waals surface area (Å²) in [6, 6.07) is 4.69. The third-order valence-electron chi connectivity index (χ3n) is 3.42. The van der Waals surface area contributed by atoms with E-state index in [0.29, 0.717) is 0 Å². The average molecular weight is 342 g/mol. The molecular formula is C14H16BrNS2. The second-order valence-electron chi connectivity index (χ2n) is 4.85. The van der Waals surface area contributed by atoms with E-state index in [0.717, 1.165) is 6.42 Å². The minimum atomic E-state index is 0.158. The summed E-state index contributed by atoms with van der Waals surface area (Å²) in [5.74, 6) is 0. The van der Waals surface area contributed by atoms with Gasteiger partial charge in [0.2, 0.25) is 0 Å². The molecule has 2 N–H and O–H groups in total. The Balaban J connectivity index is 1.75. The molecule has 96 valence electrons. The Morgan fingerprint density at radius 2 is 2.11 bits per heavy atom. The number of hydrogen-bond acceptors (Lipinski definition) is 3. The van der Waals surface area contributed by atoms with Crippen LogP contribution in [-0.2, 0) is 19.3 Å². The molecule has 0 radical (unpaired) electrons. The van der Waals surface area contributed by atoms with Crippen molar-refractivity contribution in [3.63, 3.8) is 0 Å². The van der Waals surface area contributed by atoms with Crippen LogP contribution in [0.5, 0.6) is 0 Å². The minimum Gasteiger partial charge on any atom is -0.323 e. The summed E-state index contributed by atoms with van der Waals surface area (Å²) in [7, 11) is 0. The molecule has 2 heterocycles. The van der Waals surface area contributed by atoms with E-state index in [9.17, 15) is 0 Å². The highest BCUT2D eigenvalue weighted by Gasteiger charge is 2.17. The fraction of sp³-hybridized carbons (Fsp3) is 0.429. The van der Waals surface area contributed by atoms with Crippen LogP contribution in [-0.4, -0.2) is 0 Å². The maximum absolute atomic E-state index is 6.35. The number of nitrogens with two attached hydrogens (primary N) is 1. The molecule has 0 amide bonds. The second-order valence-corrected chi connectivity index (χ2v) is 7.93. The number of fused-ring (bicyclic) bond motifs is 1. The van der Waals surface area contributed by atoms with E-state index in [4.69, 9.17) is 5.73 Å². The number of aryl methyl sites for hydroxylation is 2. The molecule has 2 aromatic rings. The molecule has 0 spiro atoms. The summed E-state index contributed by atoms with van der Waals surface area (Å²) >= 11 is 7.22. The van der Waals surface area contributed by atoms with Crippen molar-refractivity contribution in [3.8, 4) is 0 Å². The van der Waals surface area contributed by atoms with Gasteiger partial charge in [-0.2, -0.15) is 0 Å². The van der Waals surface area contributed by atoms with E-state index in [1.54, 1.807) is 21.8 Å². The smallest absolute Gasteiger partial charge is 0.0438 e. The summed E-state index contributed by atoms with van der Waals surface area (Å²) in [6.07, 6.45) is 6.16. The van der Waals surface area contributed by atoms with Gasteiger partial charge < -0.3 is 5.73 Å². The molecule has 2 aromatic heterocycles. The van der Waals surface area contributed by atoms with E-state index >= 15 is 0 Å². The van der Waals surface area contributed by atoms with E-state index in [-0.39, 0.29) is 6.04 Å². The topological polar surface area (TPSA) is 26.0 Å².